The Morgan fingerprint density at radius 3 is 2.33 bits per heavy atom. The molecule has 1 fully saturated rings. The van der Waals surface area contributed by atoms with Gasteiger partial charge in [-0.15, -0.1) is 0 Å². The van der Waals surface area contributed by atoms with E-state index in [9.17, 15) is 8.42 Å². The highest BCUT2D eigenvalue weighted by atomic mass is 32.2. The van der Waals surface area contributed by atoms with E-state index in [0.717, 1.165) is 37.1 Å². The van der Waals surface area contributed by atoms with Crippen LogP contribution in [0.3, 0.4) is 0 Å². The Kier molecular flexibility index (Phi) is 7.01. The van der Waals surface area contributed by atoms with E-state index in [1.807, 2.05) is 42.5 Å². The maximum Gasteiger partial charge on any atom is 0.241 e. The lowest BCUT2D eigenvalue weighted by atomic mass is 10.1. The van der Waals surface area contributed by atoms with Crippen LogP contribution < -0.4 is 4.72 Å². The lowest BCUT2D eigenvalue weighted by Gasteiger charge is -2.31. The van der Waals surface area contributed by atoms with Gasteiger partial charge >= 0.3 is 0 Å². The van der Waals surface area contributed by atoms with E-state index >= 15 is 0 Å². The highest BCUT2D eigenvalue weighted by molar-refractivity contribution is 7.89. The Morgan fingerprint density at radius 1 is 1.04 bits per heavy atom. The molecule has 5 nitrogen and oxygen atoms in total. The molecule has 1 aliphatic rings. The molecule has 0 aromatic heterocycles. The first-order valence-corrected chi connectivity index (χ1v) is 11.0. The van der Waals surface area contributed by atoms with Gasteiger partial charge in [0.15, 0.2) is 0 Å². The summed E-state index contributed by atoms with van der Waals surface area (Å²) in [5.41, 5.74) is 2.12. The molecule has 1 heterocycles. The summed E-state index contributed by atoms with van der Waals surface area (Å²) >= 11 is 0. The molecule has 2 aromatic carbocycles. The molecule has 1 N–H and O–H groups in total. The molecule has 146 valence electrons. The van der Waals surface area contributed by atoms with Gasteiger partial charge in [-0.3, -0.25) is 4.90 Å². The fraction of sp³-hybridized carbons (Fsp3) is 0.429. The van der Waals surface area contributed by atoms with Gasteiger partial charge in [-0.1, -0.05) is 55.8 Å². The van der Waals surface area contributed by atoms with Crippen LogP contribution >= 0.6 is 0 Å². The number of hydrogen-bond acceptors (Lipinski definition) is 4. The molecule has 1 unspecified atom stereocenters. The molecule has 0 aliphatic carbocycles. The van der Waals surface area contributed by atoms with E-state index in [1.165, 1.54) is 0 Å². The minimum atomic E-state index is -3.60. The Labute approximate surface area is 162 Å². The van der Waals surface area contributed by atoms with Crippen LogP contribution in [-0.2, 0) is 21.2 Å². The molecule has 1 atom stereocenters. The monoisotopic (exact) mass is 388 g/mol. The second-order valence-electron chi connectivity index (χ2n) is 6.89. The van der Waals surface area contributed by atoms with Gasteiger partial charge in [-0.05, 0) is 29.7 Å². The van der Waals surface area contributed by atoms with Crippen molar-refractivity contribution in [2.24, 2.45) is 0 Å². The Bertz CT molecular complexity index is 801. The second-order valence-corrected chi connectivity index (χ2v) is 8.61. The third kappa shape index (κ3) is 5.62. The first kappa shape index (κ1) is 20.0. The molecule has 1 saturated heterocycles. The number of nitrogens with one attached hydrogen (secondary N) is 1. The fourth-order valence-electron chi connectivity index (χ4n) is 3.32. The zero-order valence-corrected chi connectivity index (χ0v) is 16.6. The van der Waals surface area contributed by atoms with Crippen molar-refractivity contribution < 1.29 is 13.2 Å². The fourth-order valence-corrected chi connectivity index (χ4v) is 4.53. The minimum absolute atomic E-state index is 0.301. The molecule has 3 rings (SSSR count). The highest BCUT2D eigenvalue weighted by Gasteiger charge is 2.24. The molecule has 1 aliphatic heterocycles. The van der Waals surface area contributed by atoms with Crippen molar-refractivity contribution in [1.29, 1.82) is 0 Å². The van der Waals surface area contributed by atoms with Crippen molar-refractivity contribution in [1.82, 2.24) is 9.62 Å². The van der Waals surface area contributed by atoms with E-state index in [2.05, 4.69) is 16.5 Å². The van der Waals surface area contributed by atoms with Crippen LogP contribution in [0.15, 0.2) is 59.5 Å². The third-order valence-electron chi connectivity index (χ3n) is 4.82. The smallest absolute Gasteiger partial charge is 0.241 e. The topological polar surface area (TPSA) is 58.6 Å². The maximum atomic E-state index is 13.0. The molecular formula is C21H28N2O3S. The summed E-state index contributed by atoms with van der Waals surface area (Å²) in [7, 11) is -3.60. The summed E-state index contributed by atoms with van der Waals surface area (Å²) < 4.78 is 34.3. The molecule has 2 aromatic rings. The van der Waals surface area contributed by atoms with Crippen LogP contribution in [0, 0.1) is 0 Å². The van der Waals surface area contributed by atoms with Gasteiger partial charge in [-0.2, -0.15) is 0 Å². The Hall–Kier alpha value is -1.73. The summed E-state index contributed by atoms with van der Waals surface area (Å²) in [6.45, 7) is 5.75. The van der Waals surface area contributed by atoms with Crippen LogP contribution in [0.5, 0.6) is 0 Å². The van der Waals surface area contributed by atoms with Crippen LogP contribution in [-0.4, -0.2) is 46.2 Å². The van der Waals surface area contributed by atoms with E-state index in [-0.39, 0.29) is 6.04 Å². The van der Waals surface area contributed by atoms with Crippen LogP contribution in [0.1, 0.15) is 30.5 Å². The first-order chi connectivity index (χ1) is 13.1. The Morgan fingerprint density at radius 2 is 1.70 bits per heavy atom. The molecule has 0 spiro atoms. The summed E-state index contributed by atoms with van der Waals surface area (Å²) in [5, 5.41) is 0. The third-order valence-corrected chi connectivity index (χ3v) is 6.30. The first-order valence-electron chi connectivity index (χ1n) is 9.55. The van der Waals surface area contributed by atoms with Crippen molar-refractivity contribution in [2.45, 2.75) is 30.7 Å². The zero-order chi connectivity index (χ0) is 19.1. The average Bonchev–Trinajstić information content (AvgIpc) is 2.69. The van der Waals surface area contributed by atoms with Gasteiger partial charge in [0.25, 0.3) is 0 Å². The second kappa shape index (κ2) is 9.46. The number of benzene rings is 2. The molecule has 27 heavy (non-hydrogen) atoms. The molecule has 0 amide bonds. The normalized spacial score (nSPS) is 16.9. The van der Waals surface area contributed by atoms with Gasteiger partial charge in [-0.25, -0.2) is 13.1 Å². The lowest BCUT2D eigenvalue weighted by molar-refractivity contribution is 0.0345. The SMILES string of the molecule is CCCc1ccc(S(=O)(=O)NC(CN2CCOCC2)c2ccccc2)cc1. The van der Waals surface area contributed by atoms with Crippen LogP contribution in [0.4, 0.5) is 0 Å². The van der Waals surface area contributed by atoms with Gasteiger partial charge in [0, 0.05) is 19.6 Å². The number of rotatable bonds is 8. The molecular weight excluding hydrogens is 360 g/mol. The summed E-state index contributed by atoms with van der Waals surface area (Å²) in [4.78, 5) is 2.55. The number of ether oxygens (including phenoxy) is 1. The van der Waals surface area contributed by atoms with Gasteiger partial charge < -0.3 is 4.74 Å². The Balaban J connectivity index is 1.79. The van der Waals surface area contributed by atoms with E-state index in [1.54, 1.807) is 12.1 Å². The average molecular weight is 389 g/mol. The largest absolute Gasteiger partial charge is 0.379 e. The number of morpholine rings is 1. The molecule has 0 radical (unpaired) electrons. The molecule has 6 heteroatoms. The summed E-state index contributed by atoms with van der Waals surface area (Å²) in [6.07, 6.45) is 2.00. The number of nitrogens with zero attached hydrogens (tertiary/aromatic N) is 1. The van der Waals surface area contributed by atoms with Gasteiger partial charge in [0.2, 0.25) is 10.0 Å². The van der Waals surface area contributed by atoms with Crippen LogP contribution in [0.2, 0.25) is 0 Å². The lowest BCUT2D eigenvalue weighted by Crippen LogP contribution is -2.43. The van der Waals surface area contributed by atoms with Crippen LogP contribution in [0.25, 0.3) is 0 Å². The van der Waals surface area contributed by atoms with E-state index in [0.29, 0.717) is 24.7 Å². The number of sulfonamides is 1. The van der Waals surface area contributed by atoms with Gasteiger partial charge in [0.05, 0.1) is 24.2 Å². The summed E-state index contributed by atoms with van der Waals surface area (Å²) in [5.74, 6) is 0. The van der Waals surface area contributed by atoms with Crippen molar-refractivity contribution >= 4 is 10.0 Å². The number of hydrogen-bond donors (Lipinski definition) is 1. The van der Waals surface area contributed by atoms with Crippen molar-refractivity contribution in [3.63, 3.8) is 0 Å². The maximum absolute atomic E-state index is 13.0. The zero-order valence-electron chi connectivity index (χ0n) is 15.8. The molecule has 0 bridgehead atoms. The van der Waals surface area contributed by atoms with E-state index in [4.69, 9.17) is 4.74 Å². The minimum Gasteiger partial charge on any atom is -0.379 e. The molecule has 0 saturated carbocycles. The van der Waals surface area contributed by atoms with Gasteiger partial charge in [0.1, 0.15) is 0 Å². The highest BCUT2D eigenvalue weighted by Crippen LogP contribution is 2.20. The van der Waals surface area contributed by atoms with Crippen molar-refractivity contribution in [3.8, 4) is 0 Å². The number of aryl methyl sites for hydroxylation is 1. The van der Waals surface area contributed by atoms with E-state index < -0.39 is 10.0 Å². The predicted octanol–water partition coefficient (Wildman–Crippen LogP) is 2.99. The van der Waals surface area contributed by atoms with Crippen molar-refractivity contribution in [2.75, 3.05) is 32.8 Å². The predicted molar refractivity (Wildman–Crippen MR) is 107 cm³/mol. The quantitative estimate of drug-likeness (QED) is 0.755. The van der Waals surface area contributed by atoms with Crippen molar-refractivity contribution in [3.05, 3.63) is 65.7 Å². The summed E-state index contributed by atoms with van der Waals surface area (Å²) in [6, 6.07) is 16.7. The standard InChI is InChI=1S/C21H28N2O3S/c1-2-6-18-9-11-20(12-10-18)27(24,25)22-21(19-7-4-3-5-8-19)17-23-13-15-26-16-14-23/h3-5,7-12,21-22H,2,6,13-17H2,1H3.